The van der Waals surface area contributed by atoms with Crippen LogP contribution in [0.3, 0.4) is 0 Å². The largest absolute Gasteiger partial charge is 0.390 e. The first-order chi connectivity index (χ1) is 22.3. The third-order valence-corrected chi connectivity index (χ3v) is 12.6. The predicted octanol–water partition coefficient (Wildman–Crippen LogP) is 6.30. The van der Waals surface area contributed by atoms with Crippen molar-refractivity contribution in [3.05, 3.63) is 77.9 Å². The van der Waals surface area contributed by atoms with Crippen molar-refractivity contribution >= 4 is 29.0 Å². The second kappa shape index (κ2) is 11.3. The van der Waals surface area contributed by atoms with Crippen molar-refractivity contribution in [2.45, 2.75) is 98.7 Å². The summed E-state index contributed by atoms with van der Waals surface area (Å²) >= 11 is 1.61. The molecule has 10 heteroatoms. The number of hydrogen-bond acceptors (Lipinski definition) is 8. The lowest BCUT2D eigenvalue weighted by Crippen LogP contribution is -2.70. The van der Waals surface area contributed by atoms with Gasteiger partial charge in [0.1, 0.15) is 12.8 Å². The Balaban J connectivity index is 1.17. The highest BCUT2D eigenvalue weighted by molar-refractivity contribution is 7.99. The van der Waals surface area contributed by atoms with Crippen molar-refractivity contribution in [2.24, 2.45) is 22.7 Å². The van der Waals surface area contributed by atoms with Crippen molar-refractivity contribution < 1.29 is 38.1 Å². The zero-order valence-electron chi connectivity index (χ0n) is 26.9. The molecular formula is C37H41F2NO6S. The van der Waals surface area contributed by atoms with E-state index in [-0.39, 0.29) is 24.8 Å². The maximum atomic E-state index is 17.6. The highest BCUT2D eigenvalue weighted by Gasteiger charge is 2.80. The van der Waals surface area contributed by atoms with Gasteiger partial charge in [-0.25, -0.2) is 8.78 Å². The van der Waals surface area contributed by atoms with Gasteiger partial charge in [0.2, 0.25) is 0 Å². The number of aliphatic hydroxyl groups excluding tert-OH is 2. The zero-order chi connectivity index (χ0) is 33.5. The van der Waals surface area contributed by atoms with Crippen LogP contribution in [0, 0.1) is 22.7 Å². The van der Waals surface area contributed by atoms with Gasteiger partial charge < -0.3 is 25.0 Å². The first-order valence-electron chi connectivity index (χ1n) is 16.3. The number of fused-ring (bicyclic) bond motifs is 7. The quantitative estimate of drug-likeness (QED) is 0.317. The molecule has 4 aliphatic carbocycles. The maximum Gasteiger partial charge on any atom is 0.193 e. The smallest absolute Gasteiger partial charge is 0.193 e. The molecule has 1 heterocycles. The molecule has 10 atom stereocenters. The van der Waals surface area contributed by atoms with Gasteiger partial charge in [0, 0.05) is 43.8 Å². The Morgan fingerprint density at radius 1 is 1.11 bits per heavy atom. The summed E-state index contributed by atoms with van der Waals surface area (Å²) in [5.74, 6) is -2.60. The number of allylic oxidation sites excluding steroid dienone is 4. The number of hydrogen-bond donors (Lipinski definition) is 3. The minimum absolute atomic E-state index is 0.0415. The topological polar surface area (TPSA) is 105 Å². The Morgan fingerprint density at radius 2 is 1.85 bits per heavy atom. The monoisotopic (exact) mass is 665 g/mol. The third-order valence-electron chi connectivity index (χ3n) is 11.6. The van der Waals surface area contributed by atoms with Gasteiger partial charge in [0.15, 0.2) is 29.1 Å². The molecule has 0 aromatic heterocycles. The summed E-state index contributed by atoms with van der Waals surface area (Å²) < 4.78 is 46.5. The van der Waals surface area contributed by atoms with E-state index < -0.39 is 76.8 Å². The van der Waals surface area contributed by atoms with E-state index in [1.165, 1.54) is 12.2 Å². The number of aliphatic hydroxyl groups is 2. The molecule has 5 aliphatic rings. The first kappa shape index (κ1) is 32.6. The Kier molecular flexibility index (Phi) is 7.88. The van der Waals surface area contributed by atoms with Crippen LogP contribution in [0.15, 0.2) is 82.1 Å². The zero-order valence-corrected chi connectivity index (χ0v) is 27.7. The van der Waals surface area contributed by atoms with Gasteiger partial charge in [0.05, 0.1) is 12.2 Å². The summed E-state index contributed by atoms with van der Waals surface area (Å²) in [4.78, 5) is 28.0. The van der Waals surface area contributed by atoms with Gasteiger partial charge in [0.25, 0.3) is 0 Å². The molecule has 2 aromatic rings. The number of nitrogens with one attached hydrogen (secondary N) is 1. The van der Waals surface area contributed by atoms with Crippen LogP contribution in [0.1, 0.15) is 58.8 Å². The summed E-state index contributed by atoms with van der Waals surface area (Å²) in [5, 5.41) is 25.3. The molecule has 0 bridgehead atoms. The van der Waals surface area contributed by atoms with E-state index in [1.54, 1.807) is 25.6 Å². The number of ketones is 2. The average molecular weight is 666 g/mol. The summed E-state index contributed by atoms with van der Waals surface area (Å²) in [5.41, 5.74) is -4.90. The van der Waals surface area contributed by atoms with E-state index in [1.807, 2.05) is 42.5 Å². The van der Waals surface area contributed by atoms with Gasteiger partial charge in [-0.3, -0.25) is 9.59 Å². The number of carbonyl (C=O) groups is 2. The van der Waals surface area contributed by atoms with Crippen LogP contribution in [-0.2, 0) is 19.1 Å². The van der Waals surface area contributed by atoms with Gasteiger partial charge in [-0.05, 0) is 94.0 Å². The number of alkyl halides is 2. The molecule has 4 fully saturated rings. The molecule has 47 heavy (non-hydrogen) atoms. The van der Waals surface area contributed by atoms with Crippen molar-refractivity contribution in [1.29, 1.82) is 0 Å². The SMILES string of the molecule is CC(C)Nc1cccc(Sc2ccc([C@@H]3O[C@@H]4C[C@H]5[C@@H]6C[C@H](F)C7=CC(=O)C=C[C@]7(C)[C@@]6(F)[C@@H](O)C[C@]5(C)[C@]4(C(=O)CO)O3)cc2)c1. The van der Waals surface area contributed by atoms with Crippen LogP contribution in [0.5, 0.6) is 0 Å². The van der Waals surface area contributed by atoms with Crippen molar-refractivity contribution in [3.63, 3.8) is 0 Å². The molecule has 3 saturated carbocycles. The molecule has 7 nitrogen and oxygen atoms in total. The summed E-state index contributed by atoms with van der Waals surface area (Å²) in [6.45, 7) is 6.68. The molecule has 1 aliphatic heterocycles. The average Bonchev–Trinajstić information content (AvgIpc) is 3.53. The highest BCUT2D eigenvalue weighted by atomic mass is 32.2. The van der Waals surface area contributed by atoms with Crippen molar-refractivity contribution in [3.8, 4) is 0 Å². The number of rotatable bonds is 7. The van der Waals surface area contributed by atoms with Gasteiger partial charge in [-0.1, -0.05) is 43.0 Å². The first-order valence-corrected chi connectivity index (χ1v) is 17.2. The molecular weight excluding hydrogens is 624 g/mol. The standard InChI is InChI=1S/C37H41F2NO6S/c1-20(2)40-22-6-5-7-25(14-22)47-24-10-8-21(9-11-24)33-45-32-17-26-27-16-29(38)28-15-23(42)12-13-34(28,3)36(27,39)30(43)18-35(26,4)37(32,46-33)31(44)19-41/h5-15,20,26-27,29-30,32-33,40-41,43H,16-19H2,1-4H3/t26-,27-,29-,30-,32+,33+,34-,35-,36-,37+/m0/s1. The van der Waals surface area contributed by atoms with Crippen LogP contribution in [0.2, 0.25) is 0 Å². The normalized spacial score (nSPS) is 40.4. The Bertz CT molecular complexity index is 1660. The fraction of sp³-hybridized carbons (Fsp3) is 0.514. The van der Waals surface area contributed by atoms with Gasteiger partial charge in [-0.2, -0.15) is 0 Å². The predicted molar refractivity (Wildman–Crippen MR) is 173 cm³/mol. The van der Waals surface area contributed by atoms with E-state index in [2.05, 4.69) is 25.2 Å². The van der Waals surface area contributed by atoms with E-state index >= 15 is 8.78 Å². The van der Waals surface area contributed by atoms with Gasteiger partial charge >= 0.3 is 0 Å². The fourth-order valence-corrected chi connectivity index (χ4v) is 10.4. The lowest BCUT2D eigenvalue weighted by atomic mass is 9.44. The molecule has 0 unspecified atom stereocenters. The second-order valence-electron chi connectivity index (χ2n) is 14.5. The lowest BCUT2D eigenvalue weighted by Gasteiger charge is -2.63. The summed E-state index contributed by atoms with van der Waals surface area (Å²) in [6.07, 6.45) is -1.38. The number of carbonyl (C=O) groups excluding carboxylic acids is 2. The van der Waals surface area contributed by atoms with Gasteiger partial charge in [-0.15, -0.1) is 0 Å². The molecule has 1 saturated heterocycles. The molecule has 3 N–H and O–H groups in total. The Morgan fingerprint density at radius 3 is 2.55 bits per heavy atom. The van der Waals surface area contributed by atoms with E-state index in [0.717, 1.165) is 21.6 Å². The molecule has 2 aromatic carbocycles. The molecule has 7 rings (SSSR count). The summed E-state index contributed by atoms with van der Waals surface area (Å²) in [7, 11) is 0. The van der Waals surface area contributed by atoms with E-state index in [4.69, 9.17) is 9.47 Å². The minimum atomic E-state index is -2.29. The van der Waals surface area contributed by atoms with Crippen LogP contribution in [0.4, 0.5) is 14.5 Å². The van der Waals surface area contributed by atoms with Crippen LogP contribution < -0.4 is 5.32 Å². The second-order valence-corrected chi connectivity index (χ2v) is 15.6. The van der Waals surface area contributed by atoms with Crippen LogP contribution >= 0.6 is 11.8 Å². The maximum absolute atomic E-state index is 17.6. The Hall–Kier alpha value is -2.89. The number of ether oxygens (including phenoxy) is 2. The number of halogens is 2. The summed E-state index contributed by atoms with van der Waals surface area (Å²) in [6, 6.07) is 16.1. The van der Waals surface area contributed by atoms with E-state index in [0.29, 0.717) is 11.6 Å². The molecule has 250 valence electrons. The lowest BCUT2D eigenvalue weighted by molar-refractivity contribution is -0.235. The Labute approximate surface area is 277 Å². The molecule has 0 radical (unpaired) electrons. The number of benzene rings is 2. The van der Waals surface area contributed by atoms with Crippen LogP contribution in [0.25, 0.3) is 0 Å². The third kappa shape index (κ3) is 4.65. The number of anilines is 1. The van der Waals surface area contributed by atoms with Crippen molar-refractivity contribution in [1.82, 2.24) is 0 Å². The van der Waals surface area contributed by atoms with E-state index in [9.17, 15) is 19.8 Å². The van der Waals surface area contributed by atoms with Crippen LogP contribution in [-0.4, -0.2) is 64.1 Å². The highest BCUT2D eigenvalue weighted by Crippen LogP contribution is 2.72. The molecule has 0 amide bonds. The van der Waals surface area contributed by atoms with Crippen molar-refractivity contribution in [2.75, 3.05) is 11.9 Å². The fourth-order valence-electron chi connectivity index (χ4n) is 9.53. The molecule has 0 spiro atoms. The minimum Gasteiger partial charge on any atom is -0.390 e. The number of Topliss-reactive ketones (excluding diaryl/α,β-unsaturated/α-hetero) is 1.